The van der Waals surface area contributed by atoms with E-state index in [-0.39, 0.29) is 11.6 Å². The van der Waals surface area contributed by atoms with E-state index in [0.717, 1.165) is 5.56 Å². The monoisotopic (exact) mass is 384 g/mol. The highest BCUT2D eigenvalue weighted by atomic mass is 35.5. The highest BCUT2D eigenvalue weighted by Crippen LogP contribution is 2.22. The Morgan fingerprint density at radius 3 is 2.52 bits per heavy atom. The molecule has 0 aliphatic rings. The summed E-state index contributed by atoms with van der Waals surface area (Å²) < 4.78 is 1.59. The van der Waals surface area contributed by atoms with Crippen LogP contribution in [0.2, 0.25) is 5.02 Å². The number of nitrogens with zero attached hydrogens (tertiary/aromatic N) is 3. The summed E-state index contributed by atoms with van der Waals surface area (Å²) in [6.45, 7) is 3.67. The molecule has 1 heterocycles. The lowest BCUT2D eigenvalue weighted by Gasteiger charge is -2.07. The van der Waals surface area contributed by atoms with E-state index in [9.17, 15) is 14.9 Å². The summed E-state index contributed by atoms with van der Waals surface area (Å²) in [5.41, 5.74) is 2.92. The van der Waals surface area contributed by atoms with Crippen molar-refractivity contribution in [1.82, 2.24) is 9.78 Å². The molecule has 0 atom stereocenters. The van der Waals surface area contributed by atoms with Crippen LogP contribution in [-0.4, -0.2) is 20.6 Å². The number of nitrogens with one attached hydrogen (secondary N) is 1. The Morgan fingerprint density at radius 1 is 1.22 bits per heavy atom. The van der Waals surface area contributed by atoms with Gasteiger partial charge in [0.2, 0.25) is 0 Å². The predicted octanol–water partition coefficient (Wildman–Crippen LogP) is 4.36. The van der Waals surface area contributed by atoms with Gasteiger partial charge in [-0.25, -0.2) is 0 Å². The van der Waals surface area contributed by atoms with Crippen LogP contribution in [0, 0.1) is 24.0 Å². The summed E-state index contributed by atoms with van der Waals surface area (Å²) in [4.78, 5) is 23.0. The van der Waals surface area contributed by atoms with Gasteiger partial charge >= 0.3 is 5.69 Å². The number of carbonyl (C=O) groups excluding carboxylic acids is 1. The fourth-order valence-corrected chi connectivity index (χ4v) is 3.00. The van der Waals surface area contributed by atoms with Crippen LogP contribution in [0.15, 0.2) is 48.5 Å². The van der Waals surface area contributed by atoms with E-state index >= 15 is 0 Å². The van der Waals surface area contributed by atoms with Crippen LogP contribution in [0.5, 0.6) is 0 Å². The molecule has 7 nitrogen and oxygen atoms in total. The maximum Gasteiger partial charge on any atom is 0.312 e. The van der Waals surface area contributed by atoms with E-state index in [1.807, 2.05) is 0 Å². The minimum Gasteiger partial charge on any atom is -0.322 e. The molecule has 0 aliphatic heterocycles. The Morgan fingerprint density at radius 2 is 1.93 bits per heavy atom. The van der Waals surface area contributed by atoms with Gasteiger partial charge in [-0.05, 0) is 49.7 Å². The lowest BCUT2D eigenvalue weighted by molar-refractivity contribution is -0.386. The number of amides is 1. The SMILES string of the molecule is Cc1nn(Cc2ccc(C(=O)Nc3cccc(Cl)c3)cc2)c(C)c1[N+](=O)[O-]. The number of carbonyl (C=O) groups is 1. The van der Waals surface area contributed by atoms with Crippen LogP contribution >= 0.6 is 11.6 Å². The molecule has 0 radical (unpaired) electrons. The average Bonchev–Trinajstić information content (AvgIpc) is 2.89. The third-order valence-electron chi connectivity index (χ3n) is 4.16. The van der Waals surface area contributed by atoms with Gasteiger partial charge in [-0.2, -0.15) is 5.10 Å². The topological polar surface area (TPSA) is 90.1 Å². The standard InChI is InChI=1S/C19H17ClN4O3/c1-12-18(24(26)27)13(2)23(22-12)11-14-6-8-15(9-7-14)19(25)21-17-5-3-4-16(20)10-17/h3-10H,11H2,1-2H3,(H,21,25). The molecule has 0 saturated carbocycles. The van der Waals surface area contributed by atoms with Crippen molar-refractivity contribution in [2.75, 3.05) is 5.32 Å². The van der Waals surface area contributed by atoms with Crippen LogP contribution in [0.3, 0.4) is 0 Å². The predicted molar refractivity (Wildman–Crippen MR) is 103 cm³/mol. The second-order valence-corrected chi connectivity index (χ2v) is 6.53. The van der Waals surface area contributed by atoms with Crippen LogP contribution < -0.4 is 5.32 Å². The zero-order valence-electron chi connectivity index (χ0n) is 14.8. The van der Waals surface area contributed by atoms with Crippen molar-refractivity contribution < 1.29 is 9.72 Å². The van der Waals surface area contributed by atoms with Gasteiger partial charge in [0.15, 0.2) is 0 Å². The van der Waals surface area contributed by atoms with E-state index in [2.05, 4.69) is 10.4 Å². The summed E-state index contributed by atoms with van der Waals surface area (Å²) in [6.07, 6.45) is 0. The fraction of sp³-hybridized carbons (Fsp3) is 0.158. The molecule has 0 spiro atoms. The molecule has 1 N–H and O–H groups in total. The summed E-state index contributed by atoms with van der Waals surface area (Å²) in [5, 5.41) is 18.7. The lowest BCUT2D eigenvalue weighted by atomic mass is 10.1. The van der Waals surface area contributed by atoms with Gasteiger partial charge in [0.1, 0.15) is 11.4 Å². The smallest absolute Gasteiger partial charge is 0.312 e. The van der Waals surface area contributed by atoms with E-state index in [1.54, 1.807) is 67.1 Å². The van der Waals surface area contributed by atoms with Gasteiger partial charge in [0.25, 0.3) is 5.91 Å². The van der Waals surface area contributed by atoms with Crippen molar-refractivity contribution in [2.45, 2.75) is 20.4 Å². The lowest BCUT2D eigenvalue weighted by Crippen LogP contribution is -2.12. The number of rotatable bonds is 5. The third kappa shape index (κ3) is 4.15. The second-order valence-electron chi connectivity index (χ2n) is 6.10. The number of halogens is 1. The van der Waals surface area contributed by atoms with Gasteiger partial charge in [-0.15, -0.1) is 0 Å². The van der Waals surface area contributed by atoms with E-state index in [1.165, 1.54) is 0 Å². The number of aryl methyl sites for hydroxylation is 1. The van der Waals surface area contributed by atoms with Gasteiger partial charge in [-0.1, -0.05) is 29.8 Å². The van der Waals surface area contributed by atoms with Crippen LogP contribution in [0.25, 0.3) is 0 Å². The molecule has 1 amide bonds. The molecule has 8 heteroatoms. The Kier molecular flexibility index (Phi) is 5.23. The zero-order valence-corrected chi connectivity index (χ0v) is 15.5. The summed E-state index contributed by atoms with van der Waals surface area (Å²) >= 11 is 5.92. The molecule has 3 rings (SSSR count). The van der Waals surface area contributed by atoms with Crippen LogP contribution in [0.4, 0.5) is 11.4 Å². The van der Waals surface area contributed by atoms with Crippen molar-refractivity contribution in [3.63, 3.8) is 0 Å². The molecular formula is C19H17ClN4O3. The van der Waals surface area contributed by atoms with Crippen LogP contribution in [0.1, 0.15) is 27.3 Å². The number of hydrogen-bond donors (Lipinski definition) is 1. The van der Waals surface area contributed by atoms with E-state index in [0.29, 0.717) is 34.2 Å². The van der Waals surface area contributed by atoms with Gasteiger partial charge in [0.05, 0.1) is 11.5 Å². The Bertz CT molecular complexity index is 1010. The summed E-state index contributed by atoms with van der Waals surface area (Å²) in [5.74, 6) is -0.245. The molecule has 0 fully saturated rings. The highest BCUT2D eigenvalue weighted by Gasteiger charge is 2.21. The van der Waals surface area contributed by atoms with E-state index in [4.69, 9.17) is 11.6 Å². The molecule has 138 valence electrons. The van der Waals surface area contributed by atoms with Crippen molar-refractivity contribution in [3.05, 3.63) is 86.2 Å². The summed E-state index contributed by atoms with van der Waals surface area (Å²) in [7, 11) is 0. The molecule has 0 aliphatic carbocycles. The van der Waals surface area contributed by atoms with Gasteiger partial charge < -0.3 is 5.32 Å². The molecule has 3 aromatic rings. The Balaban J connectivity index is 1.73. The minimum absolute atomic E-state index is 0.0347. The Labute approximate surface area is 160 Å². The molecule has 1 aromatic heterocycles. The highest BCUT2D eigenvalue weighted by molar-refractivity contribution is 6.30. The molecule has 0 saturated heterocycles. The first-order valence-corrected chi connectivity index (χ1v) is 8.57. The number of nitro groups is 1. The van der Waals surface area contributed by atoms with Crippen molar-refractivity contribution in [1.29, 1.82) is 0 Å². The first-order chi connectivity index (χ1) is 12.8. The first-order valence-electron chi connectivity index (χ1n) is 8.19. The molecular weight excluding hydrogens is 368 g/mol. The first kappa shape index (κ1) is 18.6. The maximum atomic E-state index is 12.3. The summed E-state index contributed by atoms with van der Waals surface area (Å²) in [6, 6.07) is 13.9. The number of benzene rings is 2. The van der Waals surface area contributed by atoms with Gasteiger partial charge in [-0.3, -0.25) is 19.6 Å². The van der Waals surface area contributed by atoms with Gasteiger partial charge in [0, 0.05) is 16.3 Å². The number of aromatic nitrogens is 2. The van der Waals surface area contributed by atoms with Crippen LogP contribution in [-0.2, 0) is 6.54 Å². The van der Waals surface area contributed by atoms with Crippen molar-refractivity contribution in [2.24, 2.45) is 0 Å². The van der Waals surface area contributed by atoms with Crippen molar-refractivity contribution >= 4 is 28.9 Å². The third-order valence-corrected chi connectivity index (χ3v) is 4.39. The second kappa shape index (κ2) is 7.59. The zero-order chi connectivity index (χ0) is 19.6. The molecule has 27 heavy (non-hydrogen) atoms. The molecule has 0 unspecified atom stereocenters. The minimum atomic E-state index is -0.419. The van der Waals surface area contributed by atoms with Crippen molar-refractivity contribution in [3.8, 4) is 0 Å². The maximum absolute atomic E-state index is 12.3. The number of hydrogen-bond acceptors (Lipinski definition) is 4. The fourth-order valence-electron chi connectivity index (χ4n) is 2.81. The van der Waals surface area contributed by atoms with E-state index < -0.39 is 4.92 Å². The molecule has 2 aromatic carbocycles. The Hall–Kier alpha value is -3.19. The quantitative estimate of drug-likeness (QED) is 0.522. The average molecular weight is 385 g/mol. The normalized spacial score (nSPS) is 10.6. The number of anilines is 1. The largest absolute Gasteiger partial charge is 0.322 e. The molecule has 0 bridgehead atoms.